The molecule has 0 spiro atoms. The number of pyridine rings is 1. The lowest BCUT2D eigenvalue weighted by Crippen LogP contribution is -2.53. The van der Waals surface area contributed by atoms with Crippen LogP contribution in [0.5, 0.6) is 0 Å². The molecule has 3 rings (SSSR count). The van der Waals surface area contributed by atoms with E-state index in [9.17, 15) is 0 Å². The van der Waals surface area contributed by atoms with Crippen LogP contribution in [-0.2, 0) is 0 Å². The van der Waals surface area contributed by atoms with Crippen LogP contribution in [0.1, 0.15) is 37.8 Å². The molecule has 2 atom stereocenters. The standard InChI is InChI=1S/C18H23N3/c1-18(9-2-3-11-21-18)17(19)15-7-4-6-14(12-15)16-8-5-10-20-13-16/h4-8,10,12-13,17,21H,2-3,9,11,19H2,1H3/t17-,18-/m0/s1. The van der Waals surface area contributed by atoms with Crippen molar-refractivity contribution in [1.82, 2.24) is 10.3 Å². The first kappa shape index (κ1) is 14.2. The Morgan fingerprint density at radius 2 is 2.05 bits per heavy atom. The third-order valence-electron chi connectivity index (χ3n) is 4.58. The molecule has 3 N–H and O–H groups in total. The van der Waals surface area contributed by atoms with Gasteiger partial charge in [-0.15, -0.1) is 0 Å². The van der Waals surface area contributed by atoms with Gasteiger partial charge in [-0.05, 0) is 55.1 Å². The van der Waals surface area contributed by atoms with Gasteiger partial charge in [-0.2, -0.15) is 0 Å². The van der Waals surface area contributed by atoms with E-state index in [4.69, 9.17) is 5.73 Å². The summed E-state index contributed by atoms with van der Waals surface area (Å²) in [4.78, 5) is 4.20. The highest BCUT2D eigenvalue weighted by atomic mass is 15.0. The Labute approximate surface area is 126 Å². The summed E-state index contributed by atoms with van der Waals surface area (Å²) in [6, 6.07) is 12.6. The second-order valence-corrected chi connectivity index (χ2v) is 6.15. The minimum atomic E-state index is -0.00812. The normalized spacial score (nSPS) is 23.7. The fourth-order valence-electron chi connectivity index (χ4n) is 3.16. The average Bonchev–Trinajstić information content (AvgIpc) is 2.56. The van der Waals surface area contributed by atoms with Gasteiger partial charge in [-0.3, -0.25) is 4.98 Å². The minimum Gasteiger partial charge on any atom is -0.322 e. The Morgan fingerprint density at radius 1 is 1.19 bits per heavy atom. The molecule has 1 aromatic heterocycles. The minimum absolute atomic E-state index is 0.00812. The maximum atomic E-state index is 6.57. The van der Waals surface area contributed by atoms with Gasteiger partial charge in [0.05, 0.1) is 0 Å². The molecule has 0 saturated carbocycles. The van der Waals surface area contributed by atoms with Crippen molar-refractivity contribution < 1.29 is 0 Å². The SMILES string of the molecule is C[C@@]1([C@@H](N)c2cccc(-c3cccnc3)c2)CCCCN1. The largest absolute Gasteiger partial charge is 0.322 e. The lowest BCUT2D eigenvalue weighted by molar-refractivity contribution is 0.233. The molecular weight excluding hydrogens is 258 g/mol. The van der Waals surface area contributed by atoms with Gasteiger partial charge in [0.1, 0.15) is 0 Å². The number of hydrogen-bond donors (Lipinski definition) is 2. The third-order valence-corrected chi connectivity index (χ3v) is 4.58. The first-order valence-corrected chi connectivity index (χ1v) is 7.70. The number of nitrogens with two attached hydrogens (primary N) is 1. The van der Waals surface area contributed by atoms with Gasteiger partial charge in [0.2, 0.25) is 0 Å². The predicted molar refractivity (Wildman–Crippen MR) is 86.9 cm³/mol. The van der Waals surface area contributed by atoms with Crippen molar-refractivity contribution in [3.8, 4) is 11.1 Å². The maximum absolute atomic E-state index is 6.57. The molecule has 3 nitrogen and oxygen atoms in total. The number of nitrogens with one attached hydrogen (secondary N) is 1. The Morgan fingerprint density at radius 3 is 2.76 bits per heavy atom. The van der Waals surface area contributed by atoms with Crippen molar-refractivity contribution in [3.05, 3.63) is 54.4 Å². The summed E-state index contributed by atoms with van der Waals surface area (Å²) in [7, 11) is 0. The summed E-state index contributed by atoms with van der Waals surface area (Å²) >= 11 is 0. The van der Waals surface area contributed by atoms with Crippen molar-refractivity contribution in [1.29, 1.82) is 0 Å². The highest BCUT2D eigenvalue weighted by Crippen LogP contribution is 2.32. The summed E-state index contributed by atoms with van der Waals surface area (Å²) in [5, 5.41) is 3.62. The molecule has 1 aromatic carbocycles. The molecule has 3 heteroatoms. The fraction of sp³-hybridized carbons (Fsp3) is 0.389. The number of nitrogens with zero attached hydrogens (tertiary/aromatic N) is 1. The van der Waals surface area contributed by atoms with Crippen molar-refractivity contribution in [2.45, 2.75) is 37.8 Å². The van der Waals surface area contributed by atoms with E-state index >= 15 is 0 Å². The molecular formula is C18H23N3. The molecule has 21 heavy (non-hydrogen) atoms. The second kappa shape index (κ2) is 5.96. The molecule has 0 bridgehead atoms. The zero-order valence-electron chi connectivity index (χ0n) is 12.5. The van der Waals surface area contributed by atoms with E-state index in [1.54, 1.807) is 6.20 Å². The van der Waals surface area contributed by atoms with E-state index in [1.165, 1.54) is 24.0 Å². The van der Waals surface area contributed by atoms with Gasteiger partial charge < -0.3 is 11.1 Å². The Bertz CT molecular complexity index is 588. The Hall–Kier alpha value is -1.71. The van der Waals surface area contributed by atoms with Crippen LogP contribution in [0.25, 0.3) is 11.1 Å². The van der Waals surface area contributed by atoms with Crippen LogP contribution in [0.4, 0.5) is 0 Å². The fourth-order valence-corrected chi connectivity index (χ4v) is 3.16. The van der Waals surface area contributed by atoms with E-state index in [2.05, 4.69) is 47.6 Å². The number of benzene rings is 1. The predicted octanol–water partition coefficient (Wildman–Crippen LogP) is 3.28. The number of aromatic nitrogens is 1. The number of piperidine rings is 1. The van der Waals surface area contributed by atoms with Crippen molar-refractivity contribution in [3.63, 3.8) is 0 Å². The van der Waals surface area contributed by atoms with Gasteiger partial charge >= 0.3 is 0 Å². The molecule has 110 valence electrons. The summed E-state index contributed by atoms with van der Waals surface area (Å²) in [5.41, 5.74) is 10.1. The molecule has 1 aliphatic rings. The molecule has 0 radical (unpaired) electrons. The molecule has 2 aromatic rings. The van der Waals surface area contributed by atoms with Crippen LogP contribution < -0.4 is 11.1 Å². The summed E-state index contributed by atoms with van der Waals surface area (Å²) in [6.45, 7) is 3.31. The van der Waals surface area contributed by atoms with Crippen molar-refractivity contribution in [2.24, 2.45) is 5.73 Å². The first-order chi connectivity index (χ1) is 10.2. The zero-order valence-corrected chi connectivity index (χ0v) is 12.5. The third kappa shape index (κ3) is 2.99. The Kier molecular flexibility index (Phi) is 4.04. The first-order valence-electron chi connectivity index (χ1n) is 7.70. The van der Waals surface area contributed by atoms with Gasteiger partial charge in [0.15, 0.2) is 0 Å². The molecule has 0 aliphatic carbocycles. The summed E-state index contributed by atoms with van der Waals surface area (Å²) in [5.74, 6) is 0. The van der Waals surface area contributed by atoms with E-state index in [0.29, 0.717) is 0 Å². The van der Waals surface area contributed by atoms with Crippen LogP contribution in [-0.4, -0.2) is 17.1 Å². The lowest BCUT2D eigenvalue weighted by Gasteiger charge is -2.40. The van der Waals surface area contributed by atoms with Crippen LogP contribution in [0.15, 0.2) is 48.8 Å². The topological polar surface area (TPSA) is 50.9 Å². The van der Waals surface area contributed by atoms with Crippen LogP contribution in [0.2, 0.25) is 0 Å². The smallest absolute Gasteiger partial charge is 0.0477 e. The number of rotatable bonds is 3. The molecule has 0 amide bonds. The molecule has 0 unspecified atom stereocenters. The zero-order chi connectivity index (χ0) is 14.7. The Balaban J connectivity index is 1.89. The van der Waals surface area contributed by atoms with E-state index in [1.807, 2.05) is 12.3 Å². The maximum Gasteiger partial charge on any atom is 0.0477 e. The van der Waals surface area contributed by atoms with Crippen LogP contribution in [0, 0.1) is 0 Å². The van der Waals surface area contributed by atoms with Crippen LogP contribution >= 0.6 is 0 Å². The summed E-state index contributed by atoms with van der Waals surface area (Å²) in [6.07, 6.45) is 7.32. The number of hydrogen-bond acceptors (Lipinski definition) is 3. The van der Waals surface area contributed by atoms with E-state index in [0.717, 1.165) is 18.5 Å². The van der Waals surface area contributed by atoms with Crippen molar-refractivity contribution >= 4 is 0 Å². The van der Waals surface area contributed by atoms with Crippen LogP contribution in [0.3, 0.4) is 0 Å². The quantitative estimate of drug-likeness (QED) is 0.907. The van der Waals surface area contributed by atoms with Gasteiger partial charge in [-0.25, -0.2) is 0 Å². The molecule has 2 heterocycles. The molecule has 1 saturated heterocycles. The van der Waals surface area contributed by atoms with E-state index in [-0.39, 0.29) is 11.6 Å². The van der Waals surface area contributed by atoms with E-state index < -0.39 is 0 Å². The average molecular weight is 281 g/mol. The second-order valence-electron chi connectivity index (χ2n) is 6.15. The highest BCUT2D eigenvalue weighted by molar-refractivity contribution is 5.63. The molecule has 1 aliphatic heterocycles. The molecule has 1 fully saturated rings. The summed E-state index contributed by atoms with van der Waals surface area (Å²) < 4.78 is 0. The monoisotopic (exact) mass is 281 g/mol. The van der Waals surface area contributed by atoms with Gasteiger partial charge in [0, 0.05) is 24.0 Å². The highest BCUT2D eigenvalue weighted by Gasteiger charge is 2.33. The van der Waals surface area contributed by atoms with Crippen molar-refractivity contribution in [2.75, 3.05) is 6.54 Å². The van der Waals surface area contributed by atoms with Gasteiger partial charge in [-0.1, -0.05) is 30.7 Å². The van der Waals surface area contributed by atoms with Gasteiger partial charge in [0.25, 0.3) is 0 Å². The lowest BCUT2D eigenvalue weighted by atomic mass is 9.80.